The number of carbonyl (C=O) groups is 1. The van der Waals surface area contributed by atoms with Gasteiger partial charge in [-0.15, -0.1) is 23.5 Å². The molecule has 0 fully saturated rings. The number of carbonyl (C=O) groups excluding carboxylic acids is 1. The monoisotopic (exact) mass is 280 g/mol. The number of rotatable bonds is 5. The summed E-state index contributed by atoms with van der Waals surface area (Å²) in [5, 5.41) is 8.93. The largest absolute Gasteiger partial charge is 0.464 e. The highest BCUT2D eigenvalue weighted by atomic mass is 32.2. The number of nitrogens with zero attached hydrogens (tertiary/aromatic N) is 1. The van der Waals surface area contributed by atoms with Crippen LogP contribution in [0, 0.1) is 11.3 Å². The fraction of sp³-hybridized carbons (Fsp3) is 0.167. The van der Waals surface area contributed by atoms with Crippen LogP contribution < -0.4 is 5.73 Å². The van der Waals surface area contributed by atoms with E-state index >= 15 is 0 Å². The van der Waals surface area contributed by atoms with E-state index in [4.69, 9.17) is 15.4 Å². The average Bonchev–Trinajstić information content (AvgIpc) is 2.87. The molecule has 1 aromatic rings. The molecular weight excluding hydrogens is 268 g/mol. The van der Waals surface area contributed by atoms with Gasteiger partial charge in [0.1, 0.15) is 17.4 Å². The number of allylic oxidation sites excluding steroid dienone is 1. The molecule has 0 aliphatic heterocycles. The van der Waals surface area contributed by atoms with Crippen LogP contribution in [0.3, 0.4) is 0 Å². The van der Waals surface area contributed by atoms with E-state index in [0.717, 1.165) is 4.91 Å². The molecule has 1 heterocycles. The molecule has 0 bridgehead atoms. The molecule has 0 saturated carbocycles. The number of amides is 1. The molecule has 6 heteroatoms. The first kappa shape index (κ1) is 14.5. The Labute approximate surface area is 114 Å². The summed E-state index contributed by atoms with van der Waals surface area (Å²) in [7, 11) is 0. The summed E-state index contributed by atoms with van der Waals surface area (Å²) < 4.78 is 5.29. The van der Waals surface area contributed by atoms with Crippen LogP contribution in [0.2, 0.25) is 0 Å². The Bertz CT molecular complexity index is 525. The van der Waals surface area contributed by atoms with Crippen molar-refractivity contribution in [3.05, 3.63) is 40.7 Å². The zero-order chi connectivity index (χ0) is 13.5. The molecule has 1 aromatic heterocycles. The highest BCUT2D eigenvalue weighted by molar-refractivity contribution is 8.07. The molecular formula is C12H12N2O2S2. The highest BCUT2D eigenvalue weighted by Gasteiger charge is 2.12. The minimum Gasteiger partial charge on any atom is -0.464 e. The number of thioether (sulfide) groups is 2. The van der Waals surface area contributed by atoms with Crippen molar-refractivity contribution in [2.75, 3.05) is 12.5 Å². The summed E-state index contributed by atoms with van der Waals surface area (Å²) in [5.41, 5.74) is 5.13. The highest BCUT2D eigenvalue weighted by Crippen LogP contribution is 2.30. The lowest BCUT2D eigenvalue weighted by Crippen LogP contribution is -2.13. The number of hydrogen-bond acceptors (Lipinski definition) is 5. The molecule has 0 spiro atoms. The van der Waals surface area contributed by atoms with Gasteiger partial charge in [0.25, 0.3) is 5.91 Å². The van der Waals surface area contributed by atoms with E-state index in [1.165, 1.54) is 23.5 Å². The smallest absolute Gasteiger partial charge is 0.260 e. The molecule has 0 saturated heterocycles. The Kier molecular flexibility index (Phi) is 5.62. The van der Waals surface area contributed by atoms with Crippen LogP contribution in [-0.4, -0.2) is 18.4 Å². The maximum atomic E-state index is 11.2. The van der Waals surface area contributed by atoms with Gasteiger partial charge in [0.15, 0.2) is 0 Å². The standard InChI is InChI=1S/C12H12N2O2S2/c1-17-10(8(7-13)12(14)15)6-11(18-2)9-4-3-5-16-9/h3-6H,1-2H3,(H2,14,15)/b10-8-,11-6+. The van der Waals surface area contributed by atoms with Crippen molar-refractivity contribution in [3.8, 4) is 6.07 Å². The molecule has 94 valence electrons. The zero-order valence-electron chi connectivity index (χ0n) is 9.97. The van der Waals surface area contributed by atoms with E-state index in [1.54, 1.807) is 24.7 Å². The maximum absolute atomic E-state index is 11.2. The van der Waals surface area contributed by atoms with Gasteiger partial charge in [-0.1, -0.05) is 0 Å². The van der Waals surface area contributed by atoms with Crippen molar-refractivity contribution in [3.63, 3.8) is 0 Å². The number of furan rings is 1. The minimum atomic E-state index is -0.724. The van der Waals surface area contributed by atoms with Crippen LogP contribution in [0.1, 0.15) is 5.76 Å². The predicted octanol–water partition coefficient (Wildman–Crippen LogP) is 2.61. The fourth-order valence-electron chi connectivity index (χ4n) is 1.23. The van der Waals surface area contributed by atoms with Crippen LogP contribution in [0.4, 0.5) is 0 Å². The van der Waals surface area contributed by atoms with E-state index in [0.29, 0.717) is 10.7 Å². The minimum absolute atomic E-state index is 0.0411. The van der Waals surface area contributed by atoms with E-state index < -0.39 is 5.91 Å². The Morgan fingerprint density at radius 1 is 1.50 bits per heavy atom. The van der Waals surface area contributed by atoms with Gasteiger partial charge in [0, 0.05) is 4.91 Å². The van der Waals surface area contributed by atoms with Gasteiger partial charge in [0.05, 0.1) is 11.2 Å². The van der Waals surface area contributed by atoms with Crippen molar-refractivity contribution >= 4 is 34.3 Å². The van der Waals surface area contributed by atoms with Gasteiger partial charge in [-0.2, -0.15) is 5.26 Å². The molecule has 0 atom stereocenters. The summed E-state index contributed by atoms with van der Waals surface area (Å²) in [6, 6.07) is 5.42. The second-order valence-corrected chi connectivity index (χ2v) is 4.81. The molecule has 0 unspecified atom stereocenters. The molecule has 1 rings (SSSR count). The molecule has 0 aromatic carbocycles. The fourth-order valence-corrected chi connectivity index (χ4v) is 2.45. The third-order valence-electron chi connectivity index (χ3n) is 2.07. The Morgan fingerprint density at radius 3 is 2.61 bits per heavy atom. The van der Waals surface area contributed by atoms with E-state index in [-0.39, 0.29) is 5.57 Å². The third kappa shape index (κ3) is 3.45. The van der Waals surface area contributed by atoms with Gasteiger partial charge in [-0.25, -0.2) is 0 Å². The molecule has 0 aliphatic carbocycles. The Balaban J connectivity index is 3.26. The molecule has 2 N–H and O–H groups in total. The number of nitrogens with two attached hydrogens (primary N) is 1. The van der Waals surface area contributed by atoms with Crippen molar-refractivity contribution in [2.24, 2.45) is 5.73 Å². The first-order valence-electron chi connectivity index (χ1n) is 4.91. The van der Waals surface area contributed by atoms with E-state index in [1.807, 2.05) is 18.4 Å². The summed E-state index contributed by atoms with van der Waals surface area (Å²) >= 11 is 2.77. The quantitative estimate of drug-likeness (QED) is 0.509. The van der Waals surface area contributed by atoms with Gasteiger partial charge in [-0.3, -0.25) is 4.79 Å². The lowest BCUT2D eigenvalue weighted by Gasteiger charge is -2.04. The van der Waals surface area contributed by atoms with Gasteiger partial charge >= 0.3 is 0 Å². The maximum Gasteiger partial charge on any atom is 0.260 e. The van der Waals surface area contributed by atoms with E-state index in [9.17, 15) is 4.79 Å². The zero-order valence-corrected chi connectivity index (χ0v) is 11.6. The van der Waals surface area contributed by atoms with Crippen LogP contribution in [-0.2, 0) is 4.79 Å². The summed E-state index contributed by atoms with van der Waals surface area (Å²) in [6.07, 6.45) is 6.98. The number of hydrogen-bond donors (Lipinski definition) is 1. The number of primary amides is 1. The Hall–Kier alpha value is -1.58. The first-order chi connectivity index (χ1) is 8.63. The van der Waals surface area contributed by atoms with Crippen molar-refractivity contribution in [1.29, 1.82) is 5.26 Å². The van der Waals surface area contributed by atoms with Gasteiger partial charge in [-0.05, 0) is 30.7 Å². The van der Waals surface area contributed by atoms with Crippen LogP contribution in [0.25, 0.3) is 4.91 Å². The Morgan fingerprint density at radius 2 is 2.22 bits per heavy atom. The second kappa shape index (κ2) is 6.99. The molecule has 1 amide bonds. The lowest BCUT2D eigenvalue weighted by molar-refractivity contribution is -0.114. The summed E-state index contributed by atoms with van der Waals surface area (Å²) in [5.74, 6) is -0.0335. The second-order valence-electron chi connectivity index (χ2n) is 3.11. The number of nitriles is 1. The normalized spacial score (nSPS) is 12.8. The van der Waals surface area contributed by atoms with E-state index in [2.05, 4.69) is 0 Å². The predicted molar refractivity (Wildman–Crippen MR) is 75.5 cm³/mol. The topological polar surface area (TPSA) is 80.0 Å². The molecule has 18 heavy (non-hydrogen) atoms. The van der Waals surface area contributed by atoms with Crippen LogP contribution in [0.15, 0.2) is 39.4 Å². The van der Waals surface area contributed by atoms with Crippen molar-refractivity contribution < 1.29 is 9.21 Å². The average molecular weight is 280 g/mol. The molecule has 4 nitrogen and oxygen atoms in total. The van der Waals surface area contributed by atoms with Crippen LogP contribution >= 0.6 is 23.5 Å². The summed E-state index contributed by atoms with van der Waals surface area (Å²) in [6.45, 7) is 0. The molecule has 0 aliphatic rings. The van der Waals surface area contributed by atoms with Gasteiger partial charge < -0.3 is 10.2 Å². The molecule has 0 radical (unpaired) electrons. The SMILES string of the molecule is CSC(/C=C(/SC)c1ccco1)=C(/C#N)C(N)=O. The summed E-state index contributed by atoms with van der Waals surface area (Å²) in [4.78, 5) is 12.5. The lowest BCUT2D eigenvalue weighted by atomic mass is 10.2. The first-order valence-corrected chi connectivity index (χ1v) is 7.36. The van der Waals surface area contributed by atoms with Crippen molar-refractivity contribution in [2.45, 2.75) is 0 Å². The van der Waals surface area contributed by atoms with Gasteiger partial charge in [0.2, 0.25) is 0 Å². The van der Waals surface area contributed by atoms with Crippen molar-refractivity contribution in [1.82, 2.24) is 0 Å². The third-order valence-corrected chi connectivity index (χ3v) is 3.59. The van der Waals surface area contributed by atoms with Crippen LogP contribution in [0.5, 0.6) is 0 Å².